The summed E-state index contributed by atoms with van der Waals surface area (Å²) in [4.78, 5) is 26.6. The first-order valence-corrected chi connectivity index (χ1v) is 8.30. The van der Waals surface area contributed by atoms with E-state index in [-0.39, 0.29) is 24.2 Å². The number of rotatable bonds is 4. The highest BCUT2D eigenvalue weighted by atomic mass is 35.5. The number of hydrogen-bond acceptors (Lipinski definition) is 3. The van der Waals surface area contributed by atoms with Crippen LogP contribution in [0, 0.1) is 5.92 Å². The lowest BCUT2D eigenvalue weighted by atomic mass is 9.79. The van der Waals surface area contributed by atoms with Crippen LogP contribution in [0.15, 0.2) is 0 Å². The molecule has 0 spiro atoms. The van der Waals surface area contributed by atoms with Gasteiger partial charge in [0.2, 0.25) is 11.8 Å². The molecule has 2 amide bonds. The number of amides is 2. The van der Waals surface area contributed by atoms with Crippen LogP contribution < -0.4 is 10.6 Å². The first-order valence-electron chi connectivity index (χ1n) is 8.30. The molecule has 0 aromatic rings. The fraction of sp³-hybridized carbons (Fsp3) is 0.875. The van der Waals surface area contributed by atoms with Gasteiger partial charge in [0.25, 0.3) is 0 Å². The summed E-state index contributed by atoms with van der Waals surface area (Å²) in [5.74, 6) is 0.595. The summed E-state index contributed by atoms with van der Waals surface area (Å²) in [5, 5.41) is 6.20. The topological polar surface area (TPSA) is 61.4 Å². The van der Waals surface area contributed by atoms with Gasteiger partial charge in [0.1, 0.15) is 5.54 Å². The minimum atomic E-state index is -0.633. The molecule has 1 aliphatic heterocycles. The van der Waals surface area contributed by atoms with Gasteiger partial charge in [0, 0.05) is 20.0 Å². The maximum Gasteiger partial charge on any atom is 0.248 e. The average molecular weight is 332 g/mol. The molecule has 1 atom stereocenters. The molecule has 0 aromatic carbocycles. The Morgan fingerprint density at radius 1 is 1.18 bits per heavy atom. The highest BCUT2D eigenvalue weighted by molar-refractivity contribution is 5.91. The van der Waals surface area contributed by atoms with Crippen molar-refractivity contribution in [1.29, 1.82) is 0 Å². The standard InChI is InChI=1S/C16H29N3O2.ClH/c1-13(20)18-16(8-4-3-5-9-16)15(21)19-10-6-7-14(12-19)11-17-2;/h14,17H,3-12H2,1-2H3,(H,18,20);1H. The Labute approximate surface area is 140 Å². The molecule has 0 bridgehead atoms. The van der Waals surface area contributed by atoms with Gasteiger partial charge < -0.3 is 15.5 Å². The van der Waals surface area contributed by atoms with Gasteiger partial charge in [-0.2, -0.15) is 0 Å². The van der Waals surface area contributed by atoms with Crippen molar-refractivity contribution < 1.29 is 9.59 Å². The predicted octanol–water partition coefficient (Wildman–Crippen LogP) is 1.71. The molecule has 2 rings (SSSR count). The zero-order chi connectivity index (χ0) is 15.3. The number of halogens is 1. The van der Waals surface area contributed by atoms with Gasteiger partial charge in [-0.15, -0.1) is 12.4 Å². The molecule has 22 heavy (non-hydrogen) atoms. The maximum atomic E-state index is 13.1. The zero-order valence-corrected chi connectivity index (χ0v) is 14.6. The van der Waals surface area contributed by atoms with Crippen LogP contribution in [-0.2, 0) is 9.59 Å². The fourth-order valence-electron chi connectivity index (χ4n) is 3.89. The molecule has 2 aliphatic rings. The van der Waals surface area contributed by atoms with Crippen LogP contribution in [0.1, 0.15) is 51.9 Å². The molecular formula is C16H30ClN3O2. The molecule has 1 unspecified atom stereocenters. The van der Waals surface area contributed by atoms with Crippen LogP contribution in [0.2, 0.25) is 0 Å². The SMILES string of the molecule is CNCC1CCCN(C(=O)C2(NC(C)=O)CCCCC2)C1.Cl. The van der Waals surface area contributed by atoms with E-state index in [1.165, 1.54) is 13.3 Å². The third kappa shape index (κ3) is 4.59. The van der Waals surface area contributed by atoms with Crippen molar-refractivity contribution in [2.75, 3.05) is 26.7 Å². The Bertz CT molecular complexity index is 382. The molecule has 6 heteroatoms. The van der Waals surface area contributed by atoms with Gasteiger partial charge in [-0.3, -0.25) is 9.59 Å². The quantitative estimate of drug-likeness (QED) is 0.824. The van der Waals surface area contributed by atoms with Crippen LogP contribution in [0.5, 0.6) is 0 Å². The minimum absolute atomic E-state index is 0. The molecule has 2 N–H and O–H groups in total. The van der Waals surface area contributed by atoms with Gasteiger partial charge in [-0.1, -0.05) is 19.3 Å². The highest BCUT2D eigenvalue weighted by Crippen LogP contribution is 2.31. The molecule has 0 aromatic heterocycles. The van der Waals surface area contributed by atoms with E-state index >= 15 is 0 Å². The lowest BCUT2D eigenvalue weighted by Crippen LogP contribution is -2.61. The fourth-order valence-corrected chi connectivity index (χ4v) is 3.89. The monoisotopic (exact) mass is 331 g/mol. The molecule has 0 radical (unpaired) electrons. The summed E-state index contributed by atoms with van der Waals surface area (Å²) in [6, 6.07) is 0. The van der Waals surface area contributed by atoms with E-state index in [1.54, 1.807) is 0 Å². The lowest BCUT2D eigenvalue weighted by Gasteiger charge is -2.42. The highest BCUT2D eigenvalue weighted by Gasteiger charge is 2.43. The van der Waals surface area contributed by atoms with E-state index in [4.69, 9.17) is 0 Å². The van der Waals surface area contributed by atoms with E-state index in [0.29, 0.717) is 5.92 Å². The molecule has 2 fully saturated rings. The third-order valence-electron chi connectivity index (χ3n) is 4.83. The number of carbonyl (C=O) groups excluding carboxylic acids is 2. The zero-order valence-electron chi connectivity index (χ0n) is 13.8. The number of likely N-dealkylation sites (tertiary alicyclic amines) is 1. The van der Waals surface area contributed by atoms with E-state index < -0.39 is 5.54 Å². The Morgan fingerprint density at radius 2 is 1.86 bits per heavy atom. The molecule has 128 valence electrons. The summed E-state index contributed by atoms with van der Waals surface area (Å²) < 4.78 is 0. The van der Waals surface area contributed by atoms with Crippen LogP contribution in [0.3, 0.4) is 0 Å². The van der Waals surface area contributed by atoms with Crippen molar-refractivity contribution in [3.8, 4) is 0 Å². The van der Waals surface area contributed by atoms with Gasteiger partial charge in [0.05, 0.1) is 0 Å². The summed E-state index contributed by atoms with van der Waals surface area (Å²) in [6.07, 6.45) is 7.04. The minimum Gasteiger partial charge on any atom is -0.342 e. The van der Waals surface area contributed by atoms with Crippen molar-refractivity contribution in [1.82, 2.24) is 15.5 Å². The molecule has 5 nitrogen and oxygen atoms in total. The lowest BCUT2D eigenvalue weighted by molar-refractivity contribution is -0.144. The molecule has 1 heterocycles. The molecule has 1 saturated carbocycles. The van der Waals surface area contributed by atoms with Gasteiger partial charge in [-0.05, 0) is 45.2 Å². The summed E-state index contributed by atoms with van der Waals surface area (Å²) >= 11 is 0. The Kier molecular flexibility index (Phi) is 7.63. The first kappa shape index (κ1) is 19.2. The van der Waals surface area contributed by atoms with E-state index in [2.05, 4.69) is 10.6 Å². The Hall–Kier alpha value is -0.810. The Morgan fingerprint density at radius 3 is 2.45 bits per heavy atom. The smallest absolute Gasteiger partial charge is 0.248 e. The second-order valence-electron chi connectivity index (χ2n) is 6.64. The van der Waals surface area contributed by atoms with Crippen LogP contribution in [-0.4, -0.2) is 48.9 Å². The van der Waals surface area contributed by atoms with Crippen LogP contribution >= 0.6 is 12.4 Å². The number of nitrogens with one attached hydrogen (secondary N) is 2. The molecule has 1 saturated heterocycles. The second-order valence-corrected chi connectivity index (χ2v) is 6.64. The maximum absolute atomic E-state index is 13.1. The number of piperidine rings is 1. The van der Waals surface area contributed by atoms with E-state index in [0.717, 1.165) is 58.2 Å². The van der Waals surface area contributed by atoms with E-state index in [9.17, 15) is 9.59 Å². The predicted molar refractivity (Wildman–Crippen MR) is 90.1 cm³/mol. The van der Waals surface area contributed by atoms with Crippen molar-refractivity contribution >= 4 is 24.2 Å². The van der Waals surface area contributed by atoms with E-state index in [1.807, 2.05) is 11.9 Å². The van der Waals surface area contributed by atoms with Crippen LogP contribution in [0.25, 0.3) is 0 Å². The average Bonchev–Trinajstić information content (AvgIpc) is 2.47. The number of carbonyl (C=O) groups is 2. The largest absolute Gasteiger partial charge is 0.342 e. The normalized spacial score (nSPS) is 24.3. The van der Waals surface area contributed by atoms with Gasteiger partial charge in [0.15, 0.2) is 0 Å². The van der Waals surface area contributed by atoms with Crippen LogP contribution in [0.4, 0.5) is 0 Å². The van der Waals surface area contributed by atoms with Crippen molar-refractivity contribution in [3.05, 3.63) is 0 Å². The van der Waals surface area contributed by atoms with Gasteiger partial charge >= 0.3 is 0 Å². The first-order chi connectivity index (χ1) is 10.1. The Balaban J connectivity index is 0.00000242. The van der Waals surface area contributed by atoms with Crippen molar-refractivity contribution in [2.45, 2.75) is 57.4 Å². The number of nitrogens with zero attached hydrogens (tertiary/aromatic N) is 1. The third-order valence-corrected chi connectivity index (χ3v) is 4.83. The number of hydrogen-bond donors (Lipinski definition) is 2. The molecule has 1 aliphatic carbocycles. The summed E-state index contributed by atoms with van der Waals surface area (Å²) in [6.45, 7) is 4.13. The van der Waals surface area contributed by atoms with Gasteiger partial charge in [-0.25, -0.2) is 0 Å². The summed E-state index contributed by atoms with van der Waals surface area (Å²) in [7, 11) is 1.96. The van der Waals surface area contributed by atoms with Crippen molar-refractivity contribution in [3.63, 3.8) is 0 Å². The molecular weight excluding hydrogens is 302 g/mol. The second kappa shape index (κ2) is 8.73. The summed E-state index contributed by atoms with van der Waals surface area (Å²) in [5.41, 5.74) is -0.633. The van der Waals surface area contributed by atoms with Crippen molar-refractivity contribution in [2.24, 2.45) is 5.92 Å².